The molecule has 0 unspecified atom stereocenters. The Labute approximate surface area is 80.8 Å². The van der Waals surface area contributed by atoms with E-state index in [1.165, 1.54) is 16.4 Å². The average molecular weight is 265 g/mol. The Balaban J connectivity index is 2.48. The van der Waals surface area contributed by atoms with Crippen molar-refractivity contribution in [2.24, 2.45) is 5.92 Å². The van der Waals surface area contributed by atoms with Crippen molar-refractivity contribution < 1.29 is 4.79 Å². The number of carbonyl (C=O) groups is 1. The van der Waals surface area contributed by atoms with E-state index >= 15 is 0 Å². The third kappa shape index (κ3) is 2.81. The molecule has 1 aliphatic carbocycles. The summed E-state index contributed by atoms with van der Waals surface area (Å²) in [4.78, 5) is 12.7. The summed E-state index contributed by atoms with van der Waals surface area (Å²) in [6.45, 7) is 0. The van der Waals surface area contributed by atoms with Crippen LogP contribution in [0.25, 0.3) is 0 Å². The molecule has 0 aromatic carbocycles. The minimum Gasteiger partial charge on any atom is -0.345 e. The zero-order valence-electron chi connectivity index (χ0n) is 6.80. The molecule has 1 rings (SSSR count). The summed E-state index contributed by atoms with van der Waals surface area (Å²) in [5.74, 6) is 0.792. The summed E-state index contributed by atoms with van der Waals surface area (Å²) in [5, 5.41) is 0. The average Bonchev–Trinajstić information content (AvgIpc) is 2.67. The minimum atomic E-state index is 0.0984. The van der Waals surface area contributed by atoms with Gasteiger partial charge < -0.3 is 4.90 Å². The van der Waals surface area contributed by atoms with Crippen LogP contribution in [0.1, 0.15) is 12.8 Å². The van der Waals surface area contributed by atoms with Crippen molar-refractivity contribution in [3.63, 3.8) is 0 Å². The van der Waals surface area contributed by atoms with Gasteiger partial charge in [-0.15, -0.1) is 0 Å². The number of rotatable bonds is 2. The second-order valence-corrected chi connectivity index (χ2v) is 4.28. The molecule has 0 N–H and O–H groups in total. The SMILES string of the molecule is CN(C)C(=O)/C=C(\I)C1CC1. The summed E-state index contributed by atoms with van der Waals surface area (Å²) in [7, 11) is 3.55. The molecular weight excluding hydrogens is 253 g/mol. The first-order valence-corrected chi connectivity index (χ1v) is 4.77. The summed E-state index contributed by atoms with van der Waals surface area (Å²) in [6, 6.07) is 0. The highest BCUT2D eigenvalue weighted by atomic mass is 127. The Kier molecular flexibility index (Phi) is 2.92. The Morgan fingerprint density at radius 1 is 1.55 bits per heavy atom. The smallest absolute Gasteiger partial charge is 0.246 e. The summed E-state index contributed by atoms with van der Waals surface area (Å²) < 4.78 is 1.21. The Morgan fingerprint density at radius 3 is 2.45 bits per heavy atom. The topological polar surface area (TPSA) is 20.3 Å². The van der Waals surface area contributed by atoms with E-state index in [2.05, 4.69) is 22.6 Å². The molecular formula is C8H12INO. The number of amides is 1. The zero-order valence-corrected chi connectivity index (χ0v) is 8.96. The van der Waals surface area contributed by atoms with E-state index in [0.717, 1.165) is 0 Å². The van der Waals surface area contributed by atoms with E-state index in [9.17, 15) is 4.79 Å². The number of halogens is 1. The quantitative estimate of drug-likeness (QED) is 0.550. The van der Waals surface area contributed by atoms with Crippen LogP contribution in [-0.2, 0) is 4.79 Å². The molecule has 1 fully saturated rings. The second-order valence-electron chi connectivity index (χ2n) is 3.04. The van der Waals surface area contributed by atoms with Crippen LogP contribution < -0.4 is 0 Å². The van der Waals surface area contributed by atoms with E-state index in [-0.39, 0.29) is 5.91 Å². The van der Waals surface area contributed by atoms with Gasteiger partial charge in [0.15, 0.2) is 0 Å². The molecule has 11 heavy (non-hydrogen) atoms. The summed E-state index contributed by atoms with van der Waals surface area (Å²) in [6.07, 6.45) is 4.25. The van der Waals surface area contributed by atoms with Gasteiger partial charge in [0.25, 0.3) is 0 Å². The predicted molar refractivity (Wildman–Crippen MR) is 53.5 cm³/mol. The maximum Gasteiger partial charge on any atom is 0.246 e. The molecule has 0 aliphatic heterocycles. The fraction of sp³-hybridized carbons (Fsp3) is 0.625. The van der Waals surface area contributed by atoms with Crippen LogP contribution in [0.2, 0.25) is 0 Å². The van der Waals surface area contributed by atoms with Crippen LogP contribution in [0.3, 0.4) is 0 Å². The number of allylic oxidation sites excluding steroid dienone is 1. The molecule has 0 radical (unpaired) electrons. The lowest BCUT2D eigenvalue weighted by Crippen LogP contribution is -2.19. The van der Waals surface area contributed by atoms with Gasteiger partial charge in [-0.25, -0.2) is 0 Å². The Morgan fingerprint density at radius 2 is 2.09 bits per heavy atom. The van der Waals surface area contributed by atoms with Crippen LogP contribution in [0.15, 0.2) is 9.66 Å². The molecule has 0 saturated heterocycles. The lowest BCUT2D eigenvalue weighted by Gasteiger charge is -2.06. The van der Waals surface area contributed by atoms with Crippen LogP contribution >= 0.6 is 22.6 Å². The first-order chi connectivity index (χ1) is 5.11. The fourth-order valence-electron chi connectivity index (χ4n) is 0.724. The maximum atomic E-state index is 11.1. The molecule has 0 aromatic rings. The number of carbonyl (C=O) groups excluding carboxylic acids is 1. The minimum absolute atomic E-state index is 0.0984. The van der Waals surface area contributed by atoms with E-state index in [0.29, 0.717) is 5.92 Å². The first kappa shape index (κ1) is 9.03. The van der Waals surface area contributed by atoms with Gasteiger partial charge in [0, 0.05) is 20.2 Å². The van der Waals surface area contributed by atoms with Crippen molar-refractivity contribution in [1.29, 1.82) is 0 Å². The van der Waals surface area contributed by atoms with E-state index in [1.54, 1.807) is 25.1 Å². The Hall–Kier alpha value is -0.0600. The number of hydrogen-bond donors (Lipinski definition) is 0. The normalized spacial score (nSPS) is 18.3. The van der Waals surface area contributed by atoms with Crippen LogP contribution in [0.4, 0.5) is 0 Å². The molecule has 62 valence electrons. The summed E-state index contributed by atoms with van der Waals surface area (Å²) in [5.41, 5.74) is 0. The molecule has 1 amide bonds. The van der Waals surface area contributed by atoms with Crippen molar-refractivity contribution in [3.8, 4) is 0 Å². The van der Waals surface area contributed by atoms with Crippen LogP contribution in [0.5, 0.6) is 0 Å². The highest BCUT2D eigenvalue weighted by molar-refractivity contribution is 14.1. The zero-order chi connectivity index (χ0) is 8.43. The number of nitrogens with zero attached hydrogens (tertiary/aromatic N) is 1. The molecule has 0 aromatic heterocycles. The van der Waals surface area contributed by atoms with Gasteiger partial charge in [0.1, 0.15) is 0 Å². The van der Waals surface area contributed by atoms with Gasteiger partial charge >= 0.3 is 0 Å². The van der Waals surface area contributed by atoms with Crippen molar-refractivity contribution >= 4 is 28.5 Å². The summed E-state index contributed by atoms with van der Waals surface area (Å²) >= 11 is 2.26. The molecule has 0 heterocycles. The molecule has 1 aliphatic rings. The van der Waals surface area contributed by atoms with Crippen LogP contribution in [0, 0.1) is 5.92 Å². The van der Waals surface area contributed by atoms with Gasteiger partial charge in [-0.3, -0.25) is 4.79 Å². The van der Waals surface area contributed by atoms with Gasteiger partial charge in [0.2, 0.25) is 5.91 Å². The molecule has 0 spiro atoms. The van der Waals surface area contributed by atoms with E-state index in [1.807, 2.05) is 0 Å². The van der Waals surface area contributed by atoms with Gasteiger partial charge in [-0.2, -0.15) is 0 Å². The number of likely N-dealkylation sites (N-methyl/N-ethyl adjacent to an activating group) is 1. The van der Waals surface area contributed by atoms with Crippen molar-refractivity contribution in [2.75, 3.05) is 14.1 Å². The lowest BCUT2D eigenvalue weighted by atomic mass is 10.3. The highest BCUT2D eigenvalue weighted by Gasteiger charge is 2.24. The molecule has 1 saturated carbocycles. The Bertz CT molecular complexity index is 194. The fourth-order valence-corrected chi connectivity index (χ4v) is 1.61. The lowest BCUT2D eigenvalue weighted by molar-refractivity contribution is -0.123. The first-order valence-electron chi connectivity index (χ1n) is 3.69. The maximum absolute atomic E-state index is 11.1. The molecule has 0 bridgehead atoms. The van der Waals surface area contributed by atoms with Gasteiger partial charge in [-0.05, 0) is 44.9 Å². The van der Waals surface area contributed by atoms with E-state index in [4.69, 9.17) is 0 Å². The molecule has 3 heteroatoms. The second kappa shape index (κ2) is 3.56. The highest BCUT2D eigenvalue weighted by Crippen LogP contribution is 2.39. The largest absolute Gasteiger partial charge is 0.345 e. The van der Waals surface area contributed by atoms with Crippen molar-refractivity contribution in [3.05, 3.63) is 9.66 Å². The molecule has 0 atom stereocenters. The standard InChI is InChI=1S/C8H12INO/c1-10(2)8(11)5-7(9)6-3-4-6/h5-6H,3-4H2,1-2H3/b7-5-. The van der Waals surface area contributed by atoms with Crippen LogP contribution in [-0.4, -0.2) is 24.9 Å². The number of hydrogen-bond acceptors (Lipinski definition) is 1. The van der Waals surface area contributed by atoms with Gasteiger partial charge in [-0.1, -0.05) is 0 Å². The van der Waals surface area contributed by atoms with E-state index < -0.39 is 0 Å². The molecule has 2 nitrogen and oxygen atoms in total. The van der Waals surface area contributed by atoms with Gasteiger partial charge in [0.05, 0.1) is 0 Å². The third-order valence-electron chi connectivity index (χ3n) is 1.67. The van der Waals surface area contributed by atoms with Crippen molar-refractivity contribution in [2.45, 2.75) is 12.8 Å². The third-order valence-corrected chi connectivity index (χ3v) is 2.86. The predicted octanol–water partition coefficient (Wildman–Crippen LogP) is 1.80. The monoisotopic (exact) mass is 265 g/mol. The van der Waals surface area contributed by atoms with Crippen molar-refractivity contribution in [1.82, 2.24) is 4.90 Å².